The minimum atomic E-state index is -0.767. The topological polar surface area (TPSA) is 0 Å². The van der Waals surface area contributed by atoms with Gasteiger partial charge in [0.05, 0.1) is 0 Å². The molecule has 0 aliphatic heterocycles. The number of hydrogen-bond donors (Lipinski definition) is 0. The van der Waals surface area contributed by atoms with Gasteiger partial charge in [-0.05, 0) is 59.2 Å². The average molecular weight is 437 g/mol. The molecule has 0 nitrogen and oxygen atoms in total. The number of aryl methyl sites for hydroxylation is 1. The standard InChI is InChI=1S/C28H27ClF2/c1-2-3-4-5-8-21-13-15-24-22-10-7-6-9-20(22)12-16-25(24)23(21)14-11-19-17-26(30)28(29)27(31)18-19/h6-7,9-10,12,16-18,21,23H,2-5,8,13,15H2,1H3/t21-,23+/m1/s1. The first-order valence-corrected chi connectivity index (χ1v) is 11.6. The normalized spacial score (nSPS) is 17.8. The van der Waals surface area contributed by atoms with E-state index in [4.69, 9.17) is 11.6 Å². The molecule has 0 spiro atoms. The van der Waals surface area contributed by atoms with E-state index < -0.39 is 16.7 Å². The lowest BCUT2D eigenvalue weighted by atomic mass is 9.72. The second-order valence-electron chi connectivity index (χ2n) is 8.50. The van der Waals surface area contributed by atoms with Crippen LogP contribution in [0.25, 0.3) is 10.8 Å². The third-order valence-corrected chi connectivity index (χ3v) is 6.79. The van der Waals surface area contributed by atoms with E-state index in [9.17, 15) is 8.78 Å². The Morgan fingerprint density at radius 2 is 1.77 bits per heavy atom. The van der Waals surface area contributed by atoms with Crippen molar-refractivity contribution in [3.05, 3.63) is 81.9 Å². The molecule has 0 amide bonds. The summed E-state index contributed by atoms with van der Waals surface area (Å²) < 4.78 is 27.8. The molecule has 0 saturated heterocycles. The van der Waals surface area contributed by atoms with Gasteiger partial charge in [-0.25, -0.2) is 8.78 Å². The number of unbranched alkanes of at least 4 members (excludes halogenated alkanes) is 3. The Hall–Kier alpha value is -2.37. The molecule has 3 aromatic rings. The predicted molar refractivity (Wildman–Crippen MR) is 126 cm³/mol. The van der Waals surface area contributed by atoms with Gasteiger partial charge in [0.25, 0.3) is 0 Å². The largest absolute Gasteiger partial charge is 0.205 e. The molecule has 0 radical (unpaired) electrons. The van der Waals surface area contributed by atoms with Crippen molar-refractivity contribution in [2.24, 2.45) is 5.92 Å². The first-order chi connectivity index (χ1) is 15.1. The zero-order valence-corrected chi connectivity index (χ0v) is 18.6. The van der Waals surface area contributed by atoms with E-state index in [1.807, 2.05) is 0 Å². The second kappa shape index (κ2) is 9.84. The van der Waals surface area contributed by atoms with Gasteiger partial charge in [-0.2, -0.15) is 0 Å². The molecule has 0 aromatic heterocycles. The SMILES string of the molecule is CCCCCC[C@@H]1CCc2c(ccc3ccccc23)[C@H]1C#Cc1cc(F)c(Cl)c(F)c1. The fourth-order valence-corrected chi connectivity index (χ4v) is 4.91. The van der Waals surface area contributed by atoms with Crippen LogP contribution in [0.5, 0.6) is 0 Å². The maximum atomic E-state index is 13.9. The first-order valence-electron chi connectivity index (χ1n) is 11.2. The Morgan fingerprint density at radius 1 is 1.00 bits per heavy atom. The number of benzene rings is 3. The van der Waals surface area contributed by atoms with E-state index in [0.29, 0.717) is 11.5 Å². The van der Waals surface area contributed by atoms with Crippen LogP contribution in [0.4, 0.5) is 8.78 Å². The minimum Gasteiger partial charge on any atom is -0.205 e. The molecule has 0 bridgehead atoms. The molecule has 0 N–H and O–H groups in total. The molecule has 2 atom stereocenters. The van der Waals surface area contributed by atoms with Crippen molar-refractivity contribution < 1.29 is 8.78 Å². The fourth-order valence-electron chi connectivity index (χ4n) is 4.80. The highest BCUT2D eigenvalue weighted by atomic mass is 35.5. The lowest BCUT2D eigenvalue weighted by molar-refractivity contribution is 0.381. The summed E-state index contributed by atoms with van der Waals surface area (Å²) in [5.74, 6) is 5.44. The van der Waals surface area contributed by atoms with Crippen molar-refractivity contribution >= 4 is 22.4 Å². The predicted octanol–water partition coefficient (Wildman–Crippen LogP) is 8.44. The summed E-state index contributed by atoms with van der Waals surface area (Å²) in [5, 5.41) is 2.06. The third-order valence-electron chi connectivity index (χ3n) is 6.43. The van der Waals surface area contributed by atoms with Gasteiger partial charge in [-0.3, -0.25) is 0 Å². The van der Waals surface area contributed by atoms with Gasteiger partial charge in [0.1, 0.15) is 16.7 Å². The van der Waals surface area contributed by atoms with Gasteiger partial charge in [0.2, 0.25) is 0 Å². The van der Waals surface area contributed by atoms with Crippen molar-refractivity contribution in [3.8, 4) is 11.8 Å². The summed E-state index contributed by atoms with van der Waals surface area (Å²) in [4.78, 5) is 0. The van der Waals surface area contributed by atoms with Crippen LogP contribution >= 0.6 is 11.6 Å². The Bertz CT molecular complexity index is 1120. The van der Waals surface area contributed by atoms with Gasteiger partial charge in [-0.15, -0.1) is 0 Å². The number of hydrogen-bond acceptors (Lipinski definition) is 0. The van der Waals surface area contributed by atoms with E-state index in [2.05, 4.69) is 55.2 Å². The summed E-state index contributed by atoms with van der Waals surface area (Å²) >= 11 is 5.63. The Morgan fingerprint density at radius 3 is 2.55 bits per heavy atom. The summed E-state index contributed by atoms with van der Waals surface area (Å²) in [6.45, 7) is 2.22. The van der Waals surface area contributed by atoms with Crippen LogP contribution in [-0.2, 0) is 6.42 Å². The Balaban J connectivity index is 1.71. The van der Waals surface area contributed by atoms with Crippen LogP contribution in [-0.4, -0.2) is 0 Å². The van der Waals surface area contributed by atoms with E-state index in [1.54, 1.807) is 0 Å². The second-order valence-corrected chi connectivity index (χ2v) is 8.88. The maximum absolute atomic E-state index is 13.9. The van der Waals surface area contributed by atoms with Crippen molar-refractivity contribution in [1.29, 1.82) is 0 Å². The molecule has 3 heteroatoms. The molecule has 0 heterocycles. The molecule has 4 rings (SSSR count). The summed E-state index contributed by atoms with van der Waals surface area (Å²) in [6, 6.07) is 15.3. The van der Waals surface area contributed by atoms with Gasteiger partial charge >= 0.3 is 0 Å². The lowest BCUT2D eigenvalue weighted by Gasteiger charge is -2.31. The van der Waals surface area contributed by atoms with Gasteiger partial charge in [-0.1, -0.05) is 92.4 Å². The Labute approximate surface area is 188 Å². The zero-order valence-electron chi connectivity index (χ0n) is 17.9. The van der Waals surface area contributed by atoms with Crippen molar-refractivity contribution in [1.82, 2.24) is 0 Å². The average Bonchev–Trinajstić information content (AvgIpc) is 2.78. The van der Waals surface area contributed by atoms with E-state index in [-0.39, 0.29) is 5.92 Å². The summed E-state index contributed by atoms with van der Waals surface area (Å²) in [6.07, 6.45) is 8.20. The highest BCUT2D eigenvalue weighted by Crippen LogP contribution is 2.41. The lowest BCUT2D eigenvalue weighted by Crippen LogP contribution is -2.20. The third kappa shape index (κ3) is 4.78. The molecule has 0 fully saturated rings. The quantitative estimate of drug-likeness (QED) is 0.214. The molecular weight excluding hydrogens is 410 g/mol. The Kier molecular flexibility index (Phi) is 6.93. The molecule has 31 heavy (non-hydrogen) atoms. The zero-order chi connectivity index (χ0) is 21.8. The molecule has 1 aliphatic rings. The number of rotatable bonds is 5. The highest BCUT2D eigenvalue weighted by molar-refractivity contribution is 6.30. The van der Waals surface area contributed by atoms with Crippen molar-refractivity contribution in [2.45, 2.75) is 57.8 Å². The summed E-state index contributed by atoms with van der Waals surface area (Å²) in [7, 11) is 0. The minimum absolute atomic E-state index is 0.0665. The molecule has 3 aromatic carbocycles. The highest BCUT2D eigenvalue weighted by Gasteiger charge is 2.29. The van der Waals surface area contributed by atoms with Crippen molar-refractivity contribution in [2.75, 3.05) is 0 Å². The fraction of sp³-hybridized carbons (Fsp3) is 0.357. The number of fused-ring (bicyclic) bond motifs is 3. The van der Waals surface area contributed by atoms with Crippen LogP contribution in [0.15, 0.2) is 48.5 Å². The van der Waals surface area contributed by atoms with E-state index in [0.717, 1.165) is 19.3 Å². The summed E-state index contributed by atoms with van der Waals surface area (Å²) in [5.41, 5.74) is 2.97. The van der Waals surface area contributed by atoms with Gasteiger partial charge in [0, 0.05) is 11.5 Å². The van der Waals surface area contributed by atoms with Gasteiger partial charge < -0.3 is 0 Å². The van der Waals surface area contributed by atoms with Crippen LogP contribution in [0.2, 0.25) is 5.02 Å². The molecular formula is C28H27ClF2. The molecule has 1 aliphatic carbocycles. The maximum Gasteiger partial charge on any atom is 0.146 e. The van der Waals surface area contributed by atoms with Crippen LogP contribution in [0, 0.1) is 29.4 Å². The van der Waals surface area contributed by atoms with Crippen LogP contribution in [0.1, 0.15) is 68.1 Å². The van der Waals surface area contributed by atoms with E-state index in [1.165, 1.54) is 59.7 Å². The monoisotopic (exact) mass is 436 g/mol. The van der Waals surface area contributed by atoms with Crippen LogP contribution in [0.3, 0.4) is 0 Å². The first kappa shape index (κ1) is 21.8. The smallest absolute Gasteiger partial charge is 0.146 e. The number of halogens is 3. The van der Waals surface area contributed by atoms with E-state index >= 15 is 0 Å². The molecule has 0 saturated carbocycles. The van der Waals surface area contributed by atoms with Gasteiger partial charge in [0.15, 0.2) is 0 Å². The molecule has 160 valence electrons. The molecule has 0 unspecified atom stereocenters. The van der Waals surface area contributed by atoms with Crippen LogP contribution < -0.4 is 0 Å². The van der Waals surface area contributed by atoms with Crippen molar-refractivity contribution in [3.63, 3.8) is 0 Å².